The second kappa shape index (κ2) is 7.11. The van der Waals surface area contributed by atoms with E-state index < -0.39 is 15.9 Å². The van der Waals surface area contributed by atoms with E-state index >= 15 is 0 Å². The first-order chi connectivity index (χ1) is 9.39. The Kier molecular flexibility index (Phi) is 5.78. The fraction of sp³-hybridized carbons (Fsp3) is 0.417. The monoisotopic (exact) mass is 301 g/mol. The first kappa shape index (κ1) is 16.3. The summed E-state index contributed by atoms with van der Waals surface area (Å²) in [5, 5.41) is 2.52. The molecule has 0 atom stereocenters. The van der Waals surface area contributed by atoms with Gasteiger partial charge >= 0.3 is 0 Å². The summed E-state index contributed by atoms with van der Waals surface area (Å²) in [6.07, 6.45) is 0. The number of nitrogen functional groups attached to an aromatic ring is 1. The maximum Gasteiger partial charge on any atom is 0.255 e. The fourth-order valence-electron chi connectivity index (χ4n) is 1.59. The number of amides is 1. The van der Waals surface area contributed by atoms with Crippen LogP contribution in [0.2, 0.25) is 0 Å². The van der Waals surface area contributed by atoms with E-state index in [2.05, 4.69) is 10.0 Å². The van der Waals surface area contributed by atoms with Crippen LogP contribution in [0.1, 0.15) is 17.3 Å². The second-order valence-electron chi connectivity index (χ2n) is 4.03. The van der Waals surface area contributed by atoms with Gasteiger partial charge in [-0.1, -0.05) is 6.92 Å². The van der Waals surface area contributed by atoms with Gasteiger partial charge in [0.2, 0.25) is 10.0 Å². The van der Waals surface area contributed by atoms with Crippen LogP contribution in [0.5, 0.6) is 5.75 Å². The molecule has 0 fully saturated rings. The summed E-state index contributed by atoms with van der Waals surface area (Å²) in [4.78, 5) is 12.0. The highest BCUT2D eigenvalue weighted by Gasteiger charge is 2.14. The van der Waals surface area contributed by atoms with E-state index in [1.165, 1.54) is 13.2 Å². The van der Waals surface area contributed by atoms with Crippen molar-refractivity contribution in [1.82, 2.24) is 10.0 Å². The lowest BCUT2D eigenvalue weighted by molar-refractivity contribution is 0.0953. The molecule has 0 saturated heterocycles. The van der Waals surface area contributed by atoms with Gasteiger partial charge in [0, 0.05) is 18.8 Å². The third kappa shape index (κ3) is 4.71. The standard InChI is InChI=1S/C12H19N3O4S/c1-3-15-20(17,18)7-6-14-12(16)10-8-9(13)4-5-11(10)19-2/h4-5,8,15H,3,6-7,13H2,1-2H3,(H,14,16). The molecule has 7 nitrogen and oxygen atoms in total. The van der Waals surface area contributed by atoms with Gasteiger partial charge < -0.3 is 15.8 Å². The number of ether oxygens (including phenoxy) is 1. The molecule has 0 aromatic heterocycles. The zero-order valence-corrected chi connectivity index (χ0v) is 12.3. The molecule has 1 aromatic carbocycles. The van der Waals surface area contributed by atoms with Crippen molar-refractivity contribution in [3.05, 3.63) is 23.8 Å². The zero-order chi connectivity index (χ0) is 15.2. The first-order valence-electron chi connectivity index (χ1n) is 6.08. The maximum absolute atomic E-state index is 12.0. The van der Waals surface area contributed by atoms with Gasteiger partial charge in [-0.25, -0.2) is 13.1 Å². The summed E-state index contributed by atoms with van der Waals surface area (Å²) in [5.41, 5.74) is 6.31. The van der Waals surface area contributed by atoms with Crippen molar-refractivity contribution in [3.63, 3.8) is 0 Å². The van der Waals surface area contributed by atoms with Gasteiger partial charge in [-0.15, -0.1) is 0 Å². The Labute approximate surface area is 118 Å². The van der Waals surface area contributed by atoms with Crippen LogP contribution in [0.25, 0.3) is 0 Å². The highest BCUT2D eigenvalue weighted by molar-refractivity contribution is 7.89. The molecule has 0 bridgehead atoms. The summed E-state index contributed by atoms with van der Waals surface area (Å²) in [5.74, 6) is -0.232. The predicted molar refractivity (Wildman–Crippen MR) is 77.2 cm³/mol. The Morgan fingerprint density at radius 1 is 1.40 bits per heavy atom. The minimum absolute atomic E-state index is 0.00607. The van der Waals surface area contributed by atoms with Crippen LogP contribution in [0.3, 0.4) is 0 Å². The van der Waals surface area contributed by atoms with E-state index in [9.17, 15) is 13.2 Å². The Balaban J connectivity index is 2.66. The topological polar surface area (TPSA) is 111 Å². The molecular formula is C12H19N3O4S. The quantitative estimate of drug-likeness (QED) is 0.611. The number of hydrogen-bond acceptors (Lipinski definition) is 5. The van der Waals surface area contributed by atoms with Crippen molar-refractivity contribution >= 4 is 21.6 Å². The number of sulfonamides is 1. The average molecular weight is 301 g/mol. The van der Waals surface area contributed by atoms with Crippen molar-refractivity contribution < 1.29 is 17.9 Å². The molecule has 0 heterocycles. The molecule has 0 radical (unpaired) electrons. The maximum atomic E-state index is 12.0. The number of anilines is 1. The summed E-state index contributed by atoms with van der Waals surface area (Å²) in [6.45, 7) is 2.01. The second-order valence-corrected chi connectivity index (χ2v) is 5.96. The normalized spacial score (nSPS) is 11.1. The minimum Gasteiger partial charge on any atom is -0.496 e. The molecule has 0 unspecified atom stereocenters. The molecule has 20 heavy (non-hydrogen) atoms. The van der Waals surface area contributed by atoms with Gasteiger partial charge in [0.25, 0.3) is 5.91 Å². The van der Waals surface area contributed by atoms with Crippen molar-refractivity contribution in [2.75, 3.05) is 31.7 Å². The molecule has 0 aliphatic carbocycles. The smallest absolute Gasteiger partial charge is 0.255 e. The Hall–Kier alpha value is -1.80. The van der Waals surface area contributed by atoms with E-state index in [-0.39, 0.29) is 17.9 Å². The Morgan fingerprint density at radius 2 is 2.10 bits per heavy atom. The van der Waals surface area contributed by atoms with Gasteiger partial charge in [0.05, 0.1) is 18.4 Å². The van der Waals surface area contributed by atoms with Crippen molar-refractivity contribution in [2.24, 2.45) is 0 Å². The summed E-state index contributed by atoms with van der Waals surface area (Å²) in [7, 11) is -1.91. The third-order valence-electron chi connectivity index (χ3n) is 2.49. The highest BCUT2D eigenvalue weighted by Crippen LogP contribution is 2.20. The van der Waals surface area contributed by atoms with Gasteiger partial charge in [0.15, 0.2) is 0 Å². The van der Waals surface area contributed by atoms with Crippen LogP contribution < -0.4 is 20.5 Å². The van der Waals surface area contributed by atoms with Crippen molar-refractivity contribution in [2.45, 2.75) is 6.92 Å². The van der Waals surface area contributed by atoms with Crippen LogP contribution in [0, 0.1) is 0 Å². The Bertz CT molecular complexity index is 572. The minimum atomic E-state index is -3.35. The van der Waals surface area contributed by atoms with Gasteiger partial charge in [-0.05, 0) is 18.2 Å². The number of hydrogen-bond donors (Lipinski definition) is 3. The number of rotatable bonds is 7. The van der Waals surface area contributed by atoms with Crippen molar-refractivity contribution in [3.8, 4) is 5.75 Å². The molecule has 1 aromatic rings. The number of carbonyl (C=O) groups is 1. The number of nitrogens with one attached hydrogen (secondary N) is 2. The van der Waals surface area contributed by atoms with Crippen LogP contribution in [-0.2, 0) is 10.0 Å². The summed E-state index contributed by atoms with van der Waals surface area (Å²) in [6, 6.07) is 4.68. The molecule has 4 N–H and O–H groups in total. The molecule has 1 rings (SSSR count). The van der Waals surface area contributed by atoms with Gasteiger partial charge in [-0.2, -0.15) is 0 Å². The number of nitrogens with two attached hydrogens (primary N) is 1. The van der Waals surface area contributed by atoms with E-state index in [1.807, 2.05) is 0 Å². The van der Waals surface area contributed by atoms with Gasteiger partial charge in [0.1, 0.15) is 5.75 Å². The molecule has 0 aliphatic heterocycles. The van der Waals surface area contributed by atoms with Gasteiger partial charge in [-0.3, -0.25) is 4.79 Å². The Morgan fingerprint density at radius 3 is 2.70 bits per heavy atom. The molecule has 1 amide bonds. The van der Waals surface area contributed by atoms with E-state index in [0.29, 0.717) is 18.0 Å². The third-order valence-corrected chi connectivity index (χ3v) is 3.96. The van der Waals surface area contributed by atoms with E-state index in [0.717, 1.165) is 0 Å². The molecule has 112 valence electrons. The average Bonchev–Trinajstić information content (AvgIpc) is 2.38. The number of methoxy groups -OCH3 is 1. The molecule has 8 heteroatoms. The van der Waals surface area contributed by atoms with Crippen molar-refractivity contribution in [1.29, 1.82) is 0 Å². The summed E-state index contributed by atoms with van der Waals surface area (Å²) >= 11 is 0. The number of carbonyl (C=O) groups excluding carboxylic acids is 1. The largest absolute Gasteiger partial charge is 0.496 e. The van der Waals surface area contributed by atoms with E-state index in [4.69, 9.17) is 10.5 Å². The molecule has 0 aliphatic rings. The lowest BCUT2D eigenvalue weighted by atomic mass is 10.1. The lowest BCUT2D eigenvalue weighted by Crippen LogP contribution is -2.34. The predicted octanol–water partition coefficient (Wildman–Crippen LogP) is -0.0535. The molecular weight excluding hydrogens is 282 g/mol. The zero-order valence-electron chi connectivity index (χ0n) is 11.5. The van der Waals surface area contributed by atoms with Crippen LogP contribution in [0.4, 0.5) is 5.69 Å². The van der Waals surface area contributed by atoms with Crippen LogP contribution in [-0.4, -0.2) is 40.3 Å². The first-order valence-corrected chi connectivity index (χ1v) is 7.74. The van der Waals surface area contributed by atoms with Crippen LogP contribution in [0.15, 0.2) is 18.2 Å². The van der Waals surface area contributed by atoms with Crippen LogP contribution >= 0.6 is 0 Å². The molecule has 0 spiro atoms. The number of benzene rings is 1. The fourth-order valence-corrected chi connectivity index (χ4v) is 2.54. The summed E-state index contributed by atoms with van der Waals surface area (Å²) < 4.78 is 30.2. The SMILES string of the molecule is CCNS(=O)(=O)CCNC(=O)c1cc(N)ccc1OC. The van der Waals surface area contributed by atoms with E-state index in [1.54, 1.807) is 19.1 Å². The highest BCUT2D eigenvalue weighted by atomic mass is 32.2. The molecule has 0 saturated carbocycles. The lowest BCUT2D eigenvalue weighted by Gasteiger charge is -2.10.